The second-order valence-electron chi connectivity index (χ2n) is 5.84. The molecule has 2 aromatic heterocycles. The van der Waals surface area contributed by atoms with Gasteiger partial charge in [0.2, 0.25) is 5.60 Å². The van der Waals surface area contributed by atoms with Crippen molar-refractivity contribution < 1.29 is 23.4 Å². The number of aliphatic hydroxyl groups is 2. The van der Waals surface area contributed by atoms with Gasteiger partial charge in [-0.3, -0.25) is 0 Å². The Balaban J connectivity index is 1.88. The van der Waals surface area contributed by atoms with Crippen LogP contribution in [-0.4, -0.2) is 31.4 Å². The maximum Gasteiger partial charge on any atom is 0.423 e. The number of aliphatic hydroxyl groups excluding tert-OH is 1. The fourth-order valence-corrected chi connectivity index (χ4v) is 4.06. The first-order valence-electron chi connectivity index (χ1n) is 7.70. The van der Waals surface area contributed by atoms with Gasteiger partial charge in [0.1, 0.15) is 5.69 Å². The van der Waals surface area contributed by atoms with Gasteiger partial charge in [-0.25, -0.2) is 4.68 Å². The van der Waals surface area contributed by atoms with Gasteiger partial charge in [0, 0.05) is 15.0 Å². The Morgan fingerprint density at radius 1 is 1.31 bits per heavy atom. The minimum absolute atomic E-state index is 0.160. The van der Waals surface area contributed by atoms with E-state index in [4.69, 9.17) is 11.6 Å². The number of benzene rings is 1. The number of hydrogen-bond acceptors (Lipinski definition) is 5. The number of halogens is 4. The Morgan fingerprint density at radius 3 is 2.65 bits per heavy atom. The Bertz CT molecular complexity index is 941. The van der Waals surface area contributed by atoms with E-state index in [9.17, 15) is 23.4 Å². The highest BCUT2D eigenvalue weighted by Gasteiger charge is 2.55. The summed E-state index contributed by atoms with van der Waals surface area (Å²) in [6.45, 7) is 1.26. The van der Waals surface area contributed by atoms with E-state index in [2.05, 4.69) is 10.3 Å². The zero-order valence-corrected chi connectivity index (χ0v) is 15.2. The molecule has 0 spiro atoms. The van der Waals surface area contributed by atoms with Crippen molar-refractivity contribution in [2.75, 3.05) is 0 Å². The zero-order chi connectivity index (χ0) is 19.1. The van der Waals surface area contributed by atoms with Crippen LogP contribution in [-0.2, 0) is 18.8 Å². The van der Waals surface area contributed by atoms with Crippen molar-refractivity contribution in [3.63, 3.8) is 0 Å². The van der Waals surface area contributed by atoms with Gasteiger partial charge in [0.25, 0.3) is 0 Å². The molecule has 26 heavy (non-hydrogen) atoms. The Morgan fingerprint density at radius 2 is 2.04 bits per heavy atom. The minimum atomic E-state index is -4.84. The summed E-state index contributed by atoms with van der Waals surface area (Å²) in [4.78, 5) is 0.653. The lowest BCUT2D eigenvalue weighted by molar-refractivity contribution is -0.269. The molecule has 0 fully saturated rings. The third-order valence-electron chi connectivity index (χ3n) is 4.19. The van der Waals surface area contributed by atoms with Gasteiger partial charge in [-0.1, -0.05) is 35.9 Å². The molecule has 2 heterocycles. The van der Waals surface area contributed by atoms with Crippen LogP contribution in [0.15, 0.2) is 24.4 Å². The van der Waals surface area contributed by atoms with Crippen molar-refractivity contribution in [1.29, 1.82) is 0 Å². The quantitative estimate of drug-likeness (QED) is 0.676. The number of alkyl halides is 3. The van der Waals surface area contributed by atoms with Gasteiger partial charge >= 0.3 is 6.18 Å². The number of nitrogens with zero attached hydrogens (tertiary/aromatic N) is 3. The number of aromatic nitrogens is 3. The van der Waals surface area contributed by atoms with Crippen molar-refractivity contribution in [3.8, 4) is 0 Å². The molecule has 1 aromatic carbocycles. The van der Waals surface area contributed by atoms with E-state index in [0.717, 1.165) is 21.8 Å². The van der Waals surface area contributed by atoms with E-state index in [1.807, 2.05) is 6.07 Å². The van der Waals surface area contributed by atoms with E-state index in [-0.39, 0.29) is 13.2 Å². The molecule has 0 bridgehead atoms. The largest absolute Gasteiger partial charge is 0.423 e. The van der Waals surface area contributed by atoms with Crippen LogP contribution in [0.3, 0.4) is 0 Å². The summed E-state index contributed by atoms with van der Waals surface area (Å²) < 4.78 is 41.4. The predicted molar refractivity (Wildman–Crippen MR) is 92.1 cm³/mol. The molecular formula is C16H15ClF3N3O2S. The van der Waals surface area contributed by atoms with Crippen LogP contribution in [0.4, 0.5) is 13.2 Å². The highest BCUT2D eigenvalue weighted by Crippen LogP contribution is 2.40. The molecule has 0 radical (unpaired) electrons. The van der Waals surface area contributed by atoms with E-state index in [1.165, 1.54) is 22.9 Å². The molecule has 0 saturated heterocycles. The van der Waals surface area contributed by atoms with E-state index in [0.29, 0.717) is 9.90 Å². The first-order valence-corrected chi connectivity index (χ1v) is 8.89. The summed E-state index contributed by atoms with van der Waals surface area (Å²) in [5.74, 6) is 0. The normalized spacial score (nSPS) is 14.7. The summed E-state index contributed by atoms with van der Waals surface area (Å²) in [6.07, 6.45) is -4.30. The van der Waals surface area contributed by atoms with Crippen molar-refractivity contribution in [1.82, 2.24) is 15.0 Å². The molecule has 0 aliphatic carbocycles. The Hall–Kier alpha value is -1.68. The van der Waals surface area contributed by atoms with Crippen LogP contribution in [0.1, 0.15) is 29.5 Å². The molecule has 3 aromatic rings. The Kier molecular flexibility index (Phi) is 5.00. The van der Waals surface area contributed by atoms with E-state index >= 15 is 0 Å². The molecule has 10 heteroatoms. The fourth-order valence-electron chi connectivity index (χ4n) is 2.64. The summed E-state index contributed by atoms with van der Waals surface area (Å²) >= 11 is 7.52. The van der Waals surface area contributed by atoms with Gasteiger partial charge in [0.05, 0.1) is 24.4 Å². The summed E-state index contributed by atoms with van der Waals surface area (Å²) in [6, 6.07) is 5.40. The first-order chi connectivity index (χ1) is 12.2. The molecule has 3 rings (SSSR count). The lowest BCUT2D eigenvalue weighted by Gasteiger charge is -2.26. The molecule has 0 saturated carbocycles. The summed E-state index contributed by atoms with van der Waals surface area (Å²) in [5.41, 5.74) is -2.77. The number of rotatable bonds is 5. The smallest absolute Gasteiger partial charge is 0.391 e. The van der Waals surface area contributed by atoms with Gasteiger partial charge < -0.3 is 10.2 Å². The second kappa shape index (κ2) is 6.80. The standard InChI is InChI=1S/C16H15ClF3N3O2S/c1-2-15(25,16(18,19)20)13-7-23(22-21-13)6-9-3-4-10-11(5-9)26-12(8-24)14(10)17/h3-5,7,24-25H,2,6,8H2,1H3. The molecule has 1 unspecified atom stereocenters. The van der Waals surface area contributed by atoms with Gasteiger partial charge in [0.15, 0.2) is 0 Å². The highest BCUT2D eigenvalue weighted by molar-refractivity contribution is 7.19. The third-order valence-corrected chi connectivity index (χ3v) is 5.87. The van der Waals surface area contributed by atoms with Crippen LogP contribution in [0.5, 0.6) is 0 Å². The van der Waals surface area contributed by atoms with Gasteiger partial charge in [-0.2, -0.15) is 13.2 Å². The maximum atomic E-state index is 13.1. The lowest BCUT2D eigenvalue weighted by Crippen LogP contribution is -2.42. The molecule has 0 aliphatic rings. The van der Waals surface area contributed by atoms with Crippen molar-refractivity contribution in [2.45, 2.75) is 38.3 Å². The molecule has 1 atom stereocenters. The first kappa shape index (κ1) is 19.1. The van der Waals surface area contributed by atoms with Crippen molar-refractivity contribution >= 4 is 33.0 Å². The van der Waals surface area contributed by atoms with Gasteiger partial charge in [-0.05, 0) is 18.1 Å². The van der Waals surface area contributed by atoms with E-state index < -0.39 is 23.9 Å². The zero-order valence-electron chi connectivity index (χ0n) is 13.6. The molecule has 5 nitrogen and oxygen atoms in total. The number of thiophene rings is 1. The molecule has 0 amide bonds. The van der Waals surface area contributed by atoms with Gasteiger partial charge in [-0.15, -0.1) is 16.4 Å². The van der Waals surface area contributed by atoms with Crippen LogP contribution in [0, 0.1) is 0 Å². The van der Waals surface area contributed by atoms with Crippen LogP contribution < -0.4 is 0 Å². The molecule has 2 N–H and O–H groups in total. The molecular weight excluding hydrogens is 391 g/mol. The van der Waals surface area contributed by atoms with Crippen LogP contribution >= 0.6 is 22.9 Å². The molecule has 140 valence electrons. The third kappa shape index (κ3) is 3.20. The second-order valence-corrected chi connectivity index (χ2v) is 7.36. The fraction of sp³-hybridized carbons (Fsp3) is 0.375. The SMILES string of the molecule is CCC(O)(c1cn(Cc2ccc3c(Cl)c(CO)sc3c2)nn1)C(F)(F)F. The average molecular weight is 406 g/mol. The lowest BCUT2D eigenvalue weighted by atomic mass is 9.96. The number of fused-ring (bicyclic) bond motifs is 1. The van der Waals surface area contributed by atoms with Crippen LogP contribution in [0.2, 0.25) is 5.02 Å². The summed E-state index contributed by atoms with van der Waals surface area (Å²) in [5, 5.41) is 27.7. The highest BCUT2D eigenvalue weighted by atomic mass is 35.5. The van der Waals surface area contributed by atoms with E-state index in [1.54, 1.807) is 12.1 Å². The monoisotopic (exact) mass is 405 g/mol. The topological polar surface area (TPSA) is 71.2 Å². The Labute approximate surface area is 155 Å². The predicted octanol–water partition coefficient (Wildman–Crippen LogP) is 3.85. The van der Waals surface area contributed by atoms with Crippen molar-refractivity contribution in [2.24, 2.45) is 0 Å². The summed E-state index contributed by atoms with van der Waals surface area (Å²) in [7, 11) is 0. The maximum absolute atomic E-state index is 13.1. The molecule has 0 aliphatic heterocycles. The number of hydrogen-bond donors (Lipinski definition) is 2. The average Bonchev–Trinajstić information content (AvgIpc) is 3.18. The minimum Gasteiger partial charge on any atom is -0.391 e. The van der Waals surface area contributed by atoms with Crippen LogP contribution in [0.25, 0.3) is 10.1 Å². The van der Waals surface area contributed by atoms with Crippen molar-refractivity contribution in [3.05, 3.63) is 45.6 Å².